The van der Waals surface area contributed by atoms with Crippen molar-refractivity contribution in [2.75, 3.05) is 0 Å². The van der Waals surface area contributed by atoms with Crippen LogP contribution in [0.5, 0.6) is 0 Å². The predicted octanol–water partition coefficient (Wildman–Crippen LogP) is 4.33. The molecule has 4 heteroatoms. The molecule has 0 fully saturated rings. The summed E-state index contributed by atoms with van der Waals surface area (Å²) in [6.45, 7) is 7.48. The molecule has 1 aromatic carbocycles. The van der Waals surface area contributed by atoms with Crippen LogP contribution in [-0.2, 0) is 4.74 Å². The summed E-state index contributed by atoms with van der Waals surface area (Å²) in [6, 6.07) is 11.9. The first-order valence-electron chi connectivity index (χ1n) is 7.35. The Balaban J connectivity index is 2.02. The molecule has 116 valence electrons. The van der Waals surface area contributed by atoms with Crippen molar-refractivity contribution in [1.29, 1.82) is 0 Å². The average Bonchev–Trinajstić information content (AvgIpc) is 2.46. The van der Waals surface area contributed by atoms with Crippen LogP contribution in [0.25, 0.3) is 11.1 Å². The molecule has 0 saturated heterocycles. The summed E-state index contributed by atoms with van der Waals surface area (Å²) in [7, 11) is 0. The molecule has 1 aromatic heterocycles. The van der Waals surface area contributed by atoms with Crippen LogP contribution in [0.2, 0.25) is 0 Å². The van der Waals surface area contributed by atoms with Gasteiger partial charge in [-0.2, -0.15) is 0 Å². The minimum Gasteiger partial charge on any atom is -0.444 e. The molecular weight excluding hydrogens is 276 g/mol. The number of ether oxygens (including phenoxy) is 1. The van der Waals surface area contributed by atoms with Gasteiger partial charge in [0.1, 0.15) is 5.60 Å². The molecule has 0 aliphatic carbocycles. The van der Waals surface area contributed by atoms with Gasteiger partial charge in [0.2, 0.25) is 0 Å². The van der Waals surface area contributed by atoms with Gasteiger partial charge in [0.25, 0.3) is 0 Å². The first-order valence-corrected chi connectivity index (χ1v) is 7.35. The molecule has 1 heterocycles. The zero-order valence-electron chi connectivity index (χ0n) is 13.5. The van der Waals surface area contributed by atoms with E-state index in [2.05, 4.69) is 10.3 Å². The topological polar surface area (TPSA) is 51.2 Å². The number of carbonyl (C=O) groups excluding carboxylic acids is 1. The quantitative estimate of drug-likeness (QED) is 0.917. The summed E-state index contributed by atoms with van der Waals surface area (Å²) >= 11 is 0. The second-order valence-corrected chi connectivity index (χ2v) is 6.23. The minimum atomic E-state index is -0.491. The normalized spacial score (nSPS) is 12.5. The number of benzene rings is 1. The third-order valence-corrected chi connectivity index (χ3v) is 3.16. The lowest BCUT2D eigenvalue weighted by Gasteiger charge is -2.22. The largest absolute Gasteiger partial charge is 0.444 e. The molecule has 0 unspecified atom stereocenters. The number of alkyl carbamates (subject to hydrolysis) is 1. The van der Waals surface area contributed by atoms with Gasteiger partial charge in [-0.25, -0.2) is 4.79 Å². The molecule has 0 aliphatic heterocycles. The Morgan fingerprint density at radius 3 is 2.14 bits per heavy atom. The van der Waals surface area contributed by atoms with E-state index in [0.29, 0.717) is 0 Å². The number of rotatable bonds is 3. The second-order valence-electron chi connectivity index (χ2n) is 6.23. The maximum absolute atomic E-state index is 11.8. The first kappa shape index (κ1) is 16.0. The smallest absolute Gasteiger partial charge is 0.408 e. The fourth-order valence-electron chi connectivity index (χ4n) is 2.08. The minimum absolute atomic E-state index is 0.110. The van der Waals surface area contributed by atoms with Crippen LogP contribution in [0.15, 0.2) is 48.8 Å². The van der Waals surface area contributed by atoms with Crippen molar-refractivity contribution in [3.05, 3.63) is 54.4 Å². The Morgan fingerprint density at radius 1 is 1.05 bits per heavy atom. The number of carbonyl (C=O) groups is 1. The van der Waals surface area contributed by atoms with E-state index in [-0.39, 0.29) is 6.04 Å². The predicted molar refractivity (Wildman–Crippen MR) is 87.5 cm³/mol. The van der Waals surface area contributed by atoms with E-state index in [1.165, 1.54) is 0 Å². The summed E-state index contributed by atoms with van der Waals surface area (Å²) in [5, 5.41) is 2.84. The first-order chi connectivity index (χ1) is 10.3. The van der Waals surface area contributed by atoms with Gasteiger partial charge in [-0.1, -0.05) is 24.3 Å². The van der Waals surface area contributed by atoms with Crippen LogP contribution in [0.3, 0.4) is 0 Å². The Bertz CT molecular complexity index is 616. The second kappa shape index (κ2) is 6.60. The molecule has 0 radical (unpaired) electrons. The SMILES string of the molecule is C[C@@H](NC(=O)OC(C)(C)C)c1ccc(-c2ccncc2)cc1. The van der Waals surface area contributed by atoms with E-state index in [9.17, 15) is 4.79 Å². The Kier molecular flexibility index (Phi) is 4.81. The highest BCUT2D eigenvalue weighted by Crippen LogP contribution is 2.21. The number of hydrogen-bond acceptors (Lipinski definition) is 3. The van der Waals surface area contributed by atoms with Gasteiger partial charge < -0.3 is 10.1 Å². The monoisotopic (exact) mass is 298 g/mol. The van der Waals surface area contributed by atoms with Crippen molar-refractivity contribution < 1.29 is 9.53 Å². The van der Waals surface area contributed by atoms with Crippen LogP contribution in [-0.4, -0.2) is 16.7 Å². The molecule has 0 saturated carbocycles. The van der Waals surface area contributed by atoms with Crippen LogP contribution in [0, 0.1) is 0 Å². The van der Waals surface area contributed by atoms with Crippen LogP contribution in [0.4, 0.5) is 4.79 Å². The van der Waals surface area contributed by atoms with Crippen molar-refractivity contribution in [3.8, 4) is 11.1 Å². The summed E-state index contributed by atoms with van der Waals surface area (Å²) in [5.41, 5.74) is 2.78. The maximum atomic E-state index is 11.8. The zero-order valence-corrected chi connectivity index (χ0v) is 13.5. The van der Waals surface area contributed by atoms with E-state index in [0.717, 1.165) is 16.7 Å². The van der Waals surface area contributed by atoms with Gasteiger partial charge in [0, 0.05) is 12.4 Å². The number of amides is 1. The Morgan fingerprint density at radius 2 is 1.59 bits per heavy atom. The fourth-order valence-corrected chi connectivity index (χ4v) is 2.08. The molecular formula is C18H22N2O2. The average molecular weight is 298 g/mol. The van der Waals surface area contributed by atoms with Crippen molar-refractivity contribution in [3.63, 3.8) is 0 Å². The van der Waals surface area contributed by atoms with E-state index in [4.69, 9.17) is 4.74 Å². The van der Waals surface area contributed by atoms with Crippen molar-refractivity contribution >= 4 is 6.09 Å². The number of nitrogens with zero attached hydrogens (tertiary/aromatic N) is 1. The summed E-state index contributed by atoms with van der Waals surface area (Å²) < 4.78 is 5.27. The highest BCUT2D eigenvalue weighted by molar-refractivity contribution is 5.68. The molecule has 0 aliphatic rings. The van der Waals surface area contributed by atoms with Crippen LogP contribution < -0.4 is 5.32 Å². The van der Waals surface area contributed by atoms with Gasteiger partial charge in [-0.15, -0.1) is 0 Å². The number of nitrogens with one attached hydrogen (secondary N) is 1. The third kappa shape index (κ3) is 4.58. The molecule has 0 spiro atoms. The van der Waals surface area contributed by atoms with Gasteiger partial charge in [0.15, 0.2) is 0 Å². The highest BCUT2D eigenvalue weighted by atomic mass is 16.6. The van der Waals surface area contributed by atoms with E-state index in [1.807, 2.05) is 64.1 Å². The lowest BCUT2D eigenvalue weighted by molar-refractivity contribution is 0.0508. The third-order valence-electron chi connectivity index (χ3n) is 3.16. The van der Waals surface area contributed by atoms with E-state index < -0.39 is 11.7 Å². The standard InChI is InChI=1S/C18H22N2O2/c1-13(20-17(21)22-18(2,3)4)14-5-7-15(8-6-14)16-9-11-19-12-10-16/h5-13H,1-4H3,(H,20,21)/t13-/m1/s1. The maximum Gasteiger partial charge on any atom is 0.408 e. The van der Waals surface area contributed by atoms with Crippen molar-refractivity contribution in [1.82, 2.24) is 10.3 Å². The lowest BCUT2D eigenvalue weighted by atomic mass is 10.0. The van der Waals surface area contributed by atoms with Crippen molar-refractivity contribution in [2.24, 2.45) is 0 Å². The summed E-state index contributed by atoms with van der Waals surface area (Å²) in [6.07, 6.45) is 3.14. The zero-order chi connectivity index (χ0) is 16.2. The number of hydrogen-bond donors (Lipinski definition) is 1. The van der Waals surface area contributed by atoms with Gasteiger partial charge >= 0.3 is 6.09 Å². The highest BCUT2D eigenvalue weighted by Gasteiger charge is 2.18. The van der Waals surface area contributed by atoms with Gasteiger partial charge in [-0.05, 0) is 56.5 Å². The Labute approximate surface area is 131 Å². The number of pyridine rings is 1. The fraction of sp³-hybridized carbons (Fsp3) is 0.333. The van der Waals surface area contributed by atoms with E-state index in [1.54, 1.807) is 12.4 Å². The Hall–Kier alpha value is -2.36. The van der Waals surface area contributed by atoms with Gasteiger partial charge in [-0.3, -0.25) is 4.98 Å². The van der Waals surface area contributed by atoms with Crippen molar-refractivity contribution in [2.45, 2.75) is 39.3 Å². The molecule has 1 atom stereocenters. The summed E-state index contributed by atoms with van der Waals surface area (Å²) in [5.74, 6) is 0. The van der Waals surface area contributed by atoms with Gasteiger partial charge in [0.05, 0.1) is 6.04 Å². The van der Waals surface area contributed by atoms with Crippen LogP contribution >= 0.6 is 0 Å². The van der Waals surface area contributed by atoms with Crippen LogP contribution in [0.1, 0.15) is 39.3 Å². The molecule has 4 nitrogen and oxygen atoms in total. The lowest BCUT2D eigenvalue weighted by Crippen LogP contribution is -2.34. The summed E-state index contributed by atoms with van der Waals surface area (Å²) in [4.78, 5) is 15.8. The van der Waals surface area contributed by atoms with E-state index >= 15 is 0 Å². The molecule has 22 heavy (non-hydrogen) atoms. The molecule has 1 amide bonds. The molecule has 0 bridgehead atoms. The molecule has 2 rings (SSSR count). The number of aromatic nitrogens is 1. The molecule has 1 N–H and O–H groups in total. The molecule has 2 aromatic rings.